The first-order valence-corrected chi connectivity index (χ1v) is 9.10. The van der Waals surface area contributed by atoms with Gasteiger partial charge >= 0.3 is 11.9 Å². The van der Waals surface area contributed by atoms with Crippen LogP contribution in [0.1, 0.15) is 63.9 Å². The highest BCUT2D eigenvalue weighted by atomic mass is 16.5. The number of ether oxygens (including phenoxy) is 3. The number of unbranched alkanes of at least 4 members (excludes halogenated alkanes) is 4. The number of esters is 2. The number of hydrogen-bond donors (Lipinski definition) is 0. The predicted molar refractivity (Wildman–Crippen MR) is 96.4 cm³/mol. The van der Waals surface area contributed by atoms with E-state index in [2.05, 4.69) is 6.92 Å². The van der Waals surface area contributed by atoms with E-state index in [1.54, 1.807) is 7.11 Å². The van der Waals surface area contributed by atoms with Gasteiger partial charge in [0.15, 0.2) is 0 Å². The molecule has 0 heterocycles. The highest BCUT2D eigenvalue weighted by Gasteiger charge is 2.08. The molecule has 1 aromatic rings. The van der Waals surface area contributed by atoms with E-state index in [4.69, 9.17) is 14.2 Å². The molecule has 0 unspecified atom stereocenters. The van der Waals surface area contributed by atoms with Crippen molar-refractivity contribution in [3.8, 4) is 5.75 Å². The summed E-state index contributed by atoms with van der Waals surface area (Å²) in [6.07, 6.45) is 6.54. The Balaban J connectivity index is 2.06. The summed E-state index contributed by atoms with van der Waals surface area (Å²) < 4.78 is 15.5. The maximum absolute atomic E-state index is 11.7. The van der Waals surface area contributed by atoms with Gasteiger partial charge in [-0.25, -0.2) is 0 Å². The molecule has 5 heteroatoms. The molecule has 0 aromatic heterocycles. The van der Waals surface area contributed by atoms with Gasteiger partial charge in [0.25, 0.3) is 0 Å². The molecular formula is C20H30O5. The van der Waals surface area contributed by atoms with E-state index in [0.717, 1.165) is 24.2 Å². The van der Waals surface area contributed by atoms with Gasteiger partial charge in [0.1, 0.15) is 12.4 Å². The van der Waals surface area contributed by atoms with Crippen molar-refractivity contribution in [3.05, 3.63) is 29.8 Å². The molecule has 0 fully saturated rings. The average molecular weight is 350 g/mol. The molecule has 0 N–H and O–H groups in total. The van der Waals surface area contributed by atoms with Crippen LogP contribution in [0.4, 0.5) is 0 Å². The molecule has 0 radical (unpaired) electrons. The summed E-state index contributed by atoms with van der Waals surface area (Å²) in [6.45, 7) is 2.85. The van der Waals surface area contributed by atoms with Crippen molar-refractivity contribution in [2.24, 2.45) is 0 Å². The van der Waals surface area contributed by atoms with E-state index in [1.165, 1.54) is 19.3 Å². The van der Waals surface area contributed by atoms with Gasteiger partial charge in [-0.1, -0.05) is 44.7 Å². The summed E-state index contributed by atoms with van der Waals surface area (Å²) in [4.78, 5) is 23.3. The summed E-state index contributed by atoms with van der Waals surface area (Å²) in [7, 11) is 1.59. The van der Waals surface area contributed by atoms with Crippen LogP contribution in [0.15, 0.2) is 24.3 Å². The van der Waals surface area contributed by atoms with E-state index in [0.29, 0.717) is 13.0 Å². The fourth-order valence-corrected chi connectivity index (χ4v) is 2.34. The smallest absolute Gasteiger partial charge is 0.306 e. The fraction of sp³-hybridized carbons (Fsp3) is 0.600. The van der Waals surface area contributed by atoms with Crippen LogP contribution in [-0.4, -0.2) is 25.7 Å². The highest BCUT2D eigenvalue weighted by Crippen LogP contribution is 2.13. The zero-order valence-electron chi connectivity index (χ0n) is 15.4. The van der Waals surface area contributed by atoms with Crippen molar-refractivity contribution in [2.75, 3.05) is 13.7 Å². The molecule has 0 aliphatic heterocycles. The van der Waals surface area contributed by atoms with E-state index in [1.807, 2.05) is 24.3 Å². The molecule has 0 amide bonds. The molecule has 0 aliphatic carbocycles. The molecule has 140 valence electrons. The van der Waals surface area contributed by atoms with E-state index in [9.17, 15) is 9.59 Å². The average Bonchev–Trinajstić information content (AvgIpc) is 2.63. The van der Waals surface area contributed by atoms with E-state index >= 15 is 0 Å². The number of carbonyl (C=O) groups is 2. The number of methoxy groups -OCH3 is 1. The maximum Gasteiger partial charge on any atom is 0.306 e. The van der Waals surface area contributed by atoms with Crippen LogP contribution in [0.2, 0.25) is 0 Å². The monoisotopic (exact) mass is 350 g/mol. The molecule has 0 atom stereocenters. The van der Waals surface area contributed by atoms with Gasteiger partial charge in [0.05, 0.1) is 13.7 Å². The van der Waals surface area contributed by atoms with E-state index < -0.39 is 0 Å². The van der Waals surface area contributed by atoms with Crippen molar-refractivity contribution < 1.29 is 23.8 Å². The number of hydrogen-bond acceptors (Lipinski definition) is 5. The largest absolute Gasteiger partial charge is 0.497 e. The van der Waals surface area contributed by atoms with Crippen LogP contribution in [0, 0.1) is 0 Å². The van der Waals surface area contributed by atoms with Gasteiger partial charge in [0, 0.05) is 12.8 Å². The second kappa shape index (κ2) is 13.3. The minimum absolute atomic E-state index is 0.207. The zero-order valence-corrected chi connectivity index (χ0v) is 15.4. The zero-order chi connectivity index (χ0) is 18.3. The minimum Gasteiger partial charge on any atom is -0.497 e. The lowest BCUT2D eigenvalue weighted by Crippen LogP contribution is -2.09. The molecule has 0 saturated carbocycles. The molecule has 0 spiro atoms. The molecule has 1 rings (SSSR count). The molecule has 0 bridgehead atoms. The van der Waals surface area contributed by atoms with Gasteiger partial charge in [-0.3, -0.25) is 9.59 Å². The molecule has 0 saturated heterocycles. The molecule has 1 aromatic carbocycles. The minimum atomic E-state index is -0.310. The Morgan fingerprint density at radius 1 is 0.920 bits per heavy atom. The van der Waals surface area contributed by atoms with Crippen molar-refractivity contribution in [3.63, 3.8) is 0 Å². The van der Waals surface area contributed by atoms with Crippen molar-refractivity contribution in [2.45, 2.75) is 64.9 Å². The number of carbonyl (C=O) groups excluding carboxylic acids is 2. The topological polar surface area (TPSA) is 61.8 Å². The van der Waals surface area contributed by atoms with Gasteiger partial charge in [-0.05, 0) is 30.5 Å². The standard InChI is InChI=1S/C20H30O5/c1-3-4-5-6-7-14-24-19(21)12-9-13-20(22)25-16-17-10-8-11-18(15-17)23-2/h8,10-11,15H,3-7,9,12-14,16H2,1-2H3. The lowest BCUT2D eigenvalue weighted by molar-refractivity contribution is -0.146. The Labute approximate surface area is 150 Å². The van der Waals surface area contributed by atoms with Crippen molar-refractivity contribution in [1.29, 1.82) is 0 Å². The maximum atomic E-state index is 11.7. The van der Waals surface area contributed by atoms with Crippen molar-refractivity contribution >= 4 is 11.9 Å². The van der Waals surface area contributed by atoms with Crippen LogP contribution in [0.3, 0.4) is 0 Å². The van der Waals surface area contributed by atoms with Crippen LogP contribution >= 0.6 is 0 Å². The predicted octanol–water partition coefficient (Wildman–Crippen LogP) is 4.42. The summed E-state index contributed by atoms with van der Waals surface area (Å²) in [5, 5.41) is 0. The molecular weight excluding hydrogens is 320 g/mol. The quantitative estimate of drug-likeness (QED) is 0.389. The lowest BCUT2D eigenvalue weighted by atomic mass is 10.2. The summed E-state index contributed by atoms with van der Waals surface area (Å²) in [5.74, 6) is 0.178. The third-order valence-electron chi connectivity index (χ3n) is 3.81. The Bertz CT molecular complexity index is 513. The SMILES string of the molecule is CCCCCCCOC(=O)CCCC(=O)OCc1cccc(OC)c1. The molecule has 25 heavy (non-hydrogen) atoms. The molecule has 0 aliphatic rings. The third-order valence-corrected chi connectivity index (χ3v) is 3.81. The Hall–Kier alpha value is -2.04. The van der Waals surface area contributed by atoms with Gasteiger partial charge in [-0.2, -0.15) is 0 Å². The second-order valence-electron chi connectivity index (χ2n) is 6.00. The number of benzene rings is 1. The first-order chi connectivity index (χ1) is 12.2. The normalized spacial score (nSPS) is 10.3. The van der Waals surface area contributed by atoms with Crippen LogP contribution < -0.4 is 4.74 Å². The highest BCUT2D eigenvalue weighted by molar-refractivity contribution is 5.72. The molecule has 5 nitrogen and oxygen atoms in total. The van der Waals surface area contributed by atoms with E-state index in [-0.39, 0.29) is 31.4 Å². The van der Waals surface area contributed by atoms with Gasteiger partial charge in [0.2, 0.25) is 0 Å². The Kier molecular flexibility index (Phi) is 11.2. The van der Waals surface area contributed by atoms with Crippen molar-refractivity contribution in [1.82, 2.24) is 0 Å². The first kappa shape index (κ1) is 21.0. The van der Waals surface area contributed by atoms with Crippen LogP contribution in [0.5, 0.6) is 5.75 Å². The van der Waals surface area contributed by atoms with Gasteiger partial charge in [-0.15, -0.1) is 0 Å². The first-order valence-electron chi connectivity index (χ1n) is 9.10. The van der Waals surface area contributed by atoms with Crippen LogP contribution in [-0.2, 0) is 25.7 Å². The Morgan fingerprint density at radius 3 is 2.36 bits per heavy atom. The summed E-state index contributed by atoms with van der Waals surface area (Å²) >= 11 is 0. The van der Waals surface area contributed by atoms with Gasteiger partial charge < -0.3 is 14.2 Å². The fourth-order valence-electron chi connectivity index (χ4n) is 2.34. The second-order valence-corrected chi connectivity index (χ2v) is 6.00. The summed E-state index contributed by atoms with van der Waals surface area (Å²) in [6, 6.07) is 7.37. The number of rotatable bonds is 13. The lowest BCUT2D eigenvalue weighted by Gasteiger charge is -2.07. The third kappa shape index (κ3) is 10.4. The Morgan fingerprint density at radius 2 is 1.64 bits per heavy atom. The van der Waals surface area contributed by atoms with Crippen LogP contribution in [0.25, 0.3) is 0 Å². The summed E-state index contributed by atoms with van der Waals surface area (Å²) in [5.41, 5.74) is 0.871.